The van der Waals surface area contributed by atoms with Crippen molar-refractivity contribution in [1.82, 2.24) is 25.4 Å². The number of ketones is 1. The van der Waals surface area contributed by atoms with Crippen LogP contribution in [-0.4, -0.2) is 31.2 Å². The van der Waals surface area contributed by atoms with Crippen LogP contribution in [0.1, 0.15) is 21.3 Å². The molecule has 0 saturated carbocycles. The molecule has 0 amide bonds. The van der Waals surface area contributed by atoms with E-state index < -0.39 is 11.7 Å². The van der Waals surface area contributed by atoms with Crippen LogP contribution >= 0.6 is 34.5 Å². The molecular formula is C17H8Cl2N6OS. The number of thiazole rings is 1. The van der Waals surface area contributed by atoms with Gasteiger partial charge in [-0.25, -0.2) is 9.97 Å². The summed E-state index contributed by atoms with van der Waals surface area (Å²) in [4.78, 5) is 21.3. The van der Waals surface area contributed by atoms with Crippen molar-refractivity contribution < 1.29 is 4.79 Å². The number of benzene rings is 1. The zero-order chi connectivity index (χ0) is 19.0. The maximum Gasteiger partial charge on any atom is 0.201 e. The molecular weight excluding hydrogens is 407 g/mol. The third-order valence-electron chi connectivity index (χ3n) is 3.83. The van der Waals surface area contributed by atoms with Crippen molar-refractivity contribution in [3.05, 3.63) is 56.5 Å². The lowest BCUT2D eigenvalue weighted by atomic mass is 10.0. The predicted octanol–water partition coefficient (Wildman–Crippen LogP) is 4.27. The molecule has 0 spiro atoms. The minimum atomic E-state index is -1.05. The number of carbonyl (C=O) groups excluding carboxylic acids is 1. The van der Waals surface area contributed by atoms with Crippen LogP contribution in [0.3, 0.4) is 0 Å². The van der Waals surface area contributed by atoms with Gasteiger partial charge in [-0.05, 0) is 24.3 Å². The second-order valence-electron chi connectivity index (χ2n) is 5.51. The Balaban J connectivity index is 1.67. The van der Waals surface area contributed by atoms with Gasteiger partial charge >= 0.3 is 0 Å². The van der Waals surface area contributed by atoms with E-state index in [2.05, 4.69) is 25.4 Å². The van der Waals surface area contributed by atoms with Crippen LogP contribution in [0.15, 0.2) is 35.8 Å². The summed E-state index contributed by atoms with van der Waals surface area (Å²) in [5, 5.41) is 22.8. The highest BCUT2D eigenvalue weighted by Crippen LogP contribution is 2.33. The molecule has 0 aliphatic carbocycles. The summed E-state index contributed by atoms with van der Waals surface area (Å²) >= 11 is 13.3. The van der Waals surface area contributed by atoms with Crippen molar-refractivity contribution in [2.75, 3.05) is 0 Å². The van der Waals surface area contributed by atoms with Crippen molar-refractivity contribution >= 4 is 51.5 Å². The number of halogens is 2. The summed E-state index contributed by atoms with van der Waals surface area (Å²) in [5.74, 6) is -1.46. The molecule has 0 aliphatic rings. The summed E-state index contributed by atoms with van der Waals surface area (Å²) in [6.45, 7) is 0. The number of hydrogen-bond donors (Lipinski definition) is 1. The molecule has 4 rings (SSSR count). The second-order valence-corrected chi connectivity index (χ2v) is 7.25. The van der Waals surface area contributed by atoms with E-state index in [1.807, 2.05) is 6.07 Å². The number of nitriles is 1. The van der Waals surface area contributed by atoms with E-state index in [0.29, 0.717) is 37.5 Å². The Hall–Kier alpha value is -2.86. The molecule has 132 valence electrons. The summed E-state index contributed by atoms with van der Waals surface area (Å²) < 4.78 is 0. The van der Waals surface area contributed by atoms with Gasteiger partial charge in [0, 0.05) is 27.7 Å². The van der Waals surface area contributed by atoms with Gasteiger partial charge in [-0.2, -0.15) is 15.6 Å². The molecule has 1 aromatic carbocycles. The number of nitrogens with zero attached hydrogens (tertiary/aromatic N) is 5. The van der Waals surface area contributed by atoms with E-state index >= 15 is 0 Å². The van der Waals surface area contributed by atoms with Gasteiger partial charge in [0.25, 0.3) is 0 Å². The molecule has 0 saturated heterocycles. The SMILES string of the molecule is N#CC(C(=O)c1cnc2n[nH]nc2c1)c1nc(-c2ccc(Cl)cc2Cl)cs1. The predicted molar refractivity (Wildman–Crippen MR) is 102 cm³/mol. The molecule has 0 radical (unpaired) electrons. The fraction of sp³-hybridized carbons (Fsp3) is 0.0588. The molecule has 10 heteroatoms. The van der Waals surface area contributed by atoms with E-state index in [9.17, 15) is 10.1 Å². The molecule has 7 nitrogen and oxygen atoms in total. The fourth-order valence-electron chi connectivity index (χ4n) is 2.51. The molecule has 0 fully saturated rings. The highest BCUT2D eigenvalue weighted by Gasteiger charge is 2.26. The fourth-order valence-corrected chi connectivity index (χ4v) is 3.87. The Morgan fingerprint density at radius 3 is 2.89 bits per heavy atom. The van der Waals surface area contributed by atoms with Gasteiger partial charge in [0.15, 0.2) is 11.7 Å². The highest BCUT2D eigenvalue weighted by molar-refractivity contribution is 7.10. The number of aromatic amines is 1. The van der Waals surface area contributed by atoms with Crippen LogP contribution in [0.4, 0.5) is 0 Å². The van der Waals surface area contributed by atoms with Crippen LogP contribution in [0.25, 0.3) is 22.4 Å². The largest absolute Gasteiger partial charge is 0.292 e. The Morgan fingerprint density at radius 2 is 2.11 bits per heavy atom. The first-order chi connectivity index (χ1) is 13.1. The number of aromatic nitrogens is 5. The number of H-pyrrole nitrogens is 1. The summed E-state index contributed by atoms with van der Waals surface area (Å²) in [5.41, 5.74) is 2.37. The van der Waals surface area contributed by atoms with Gasteiger partial charge < -0.3 is 0 Å². The third kappa shape index (κ3) is 3.28. The van der Waals surface area contributed by atoms with Crippen LogP contribution in [0, 0.1) is 11.3 Å². The molecule has 0 aliphatic heterocycles. The van der Waals surface area contributed by atoms with E-state index in [1.165, 1.54) is 17.5 Å². The number of fused-ring (bicyclic) bond motifs is 1. The zero-order valence-corrected chi connectivity index (χ0v) is 15.7. The summed E-state index contributed by atoms with van der Waals surface area (Å²) in [6.07, 6.45) is 1.38. The van der Waals surface area contributed by atoms with Crippen LogP contribution in [0.5, 0.6) is 0 Å². The van der Waals surface area contributed by atoms with Crippen molar-refractivity contribution in [1.29, 1.82) is 5.26 Å². The number of pyridine rings is 1. The van der Waals surface area contributed by atoms with Crippen molar-refractivity contribution in [2.24, 2.45) is 0 Å². The Labute approximate surface area is 166 Å². The Bertz CT molecular complexity index is 1210. The smallest absolute Gasteiger partial charge is 0.201 e. The average molecular weight is 415 g/mol. The summed E-state index contributed by atoms with van der Waals surface area (Å²) in [7, 11) is 0. The number of hydrogen-bond acceptors (Lipinski definition) is 7. The monoisotopic (exact) mass is 414 g/mol. The van der Waals surface area contributed by atoms with Gasteiger partial charge in [-0.15, -0.1) is 16.4 Å². The van der Waals surface area contributed by atoms with E-state index in [4.69, 9.17) is 23.2 Å². The Morgan fingerprint density at radius 1 is 1.26 bits per heavy atom. The first-order valence-corrected chi connectivity index (χ1v) is 9.21. The van der Waals surface area contributed by atoms with Crippen LogP contribution in [-0.2, 0) is 0 Å². The number of rotatable bonds is 4. The molecule has 1 atom stereocenters. The Kier molecular flexibility index (Phi) is 4.58. The molecule has 4 aromatic rings. The molecule has 1 N–H and O–H groups in total. The number of nitrogens with one attached hydrogen (secondary N) is 1. The molecule has 3 heterocycles. The lowest BCUT2D eigenvalue weighted by molar-refractivity contribution is 0.0978. The first-order valence-electron chi connectivity index (χ1n) is 7.58. The van der Waals surface area contributed by atoms with E-state index in [1.54, 1.807) is 29.6 Å². The molecule has 27 heavy (non-hydrogen) atoms. The van der Waals surface area contributed by atoms with Gasteiger partial charge in [-0.3, -0.25) is 4.79 Å². The van der Waals surface area contributed by atoms with Crippen LogP contribution in [0.2, 0.25) is 10.0 Å². The van der Waals surface area contributed by atoms with Crippen LogP contribution < -0.4 is 0 Å². The lowest BCUT2D eigenvalue weighted by Crippen LogP contribution is -2.11. The van der Waals surface area contributed by atoms with Gasteiger partial charge in [0.05, 0.1) is 16.8 Å². The minimum absolute atomic E-state index is 0.268. The van der Waals surface area contributed by atoms with Gasteiger partial charge in [0.1, 0.15) is 10.5 Å². The minimum Gasteiger partial charge on any atom is -0.292 e. The quantitative estimate of drug-likeness (QED) is 0.499. The molecule has 1 unspecified atom stereocenters. The first kappa shape index (κ1) is 17.5. The van der Waals surface area contributed by atoms with E-state index in [-0.39, 0.29) is 5.56 Å². The highest BCUT2D eigenvalue weighted by atomic mass is 35.5. The third-order valence-corrected chi connectivity index (χ3v) is 5.28. The number of carbonyl (C=O) groups is 1. The maximum absolute atomic E-state index is 12.8. The number of Topliss-reactive ketones (excluding diaryl/α,β-unsaturated/α-hetero) is 1. The average Bonchev–Trinajstić information content (AvgIpc) is 3.31. The summed E-state index contributed by atoms with van der Waals surface area (Å²) in [6, 6.07) is 8.63. The molecule has 0 bridgehead atoms. The normalized spacial score (nSPS) is 12.0. The van der Waals surface area contributed by atoms with Crippen molar-refractivity contribution in [3.8, 4) is 17.3 Å². The van der Waals surface area contributed by atoms with E-state index in [0.717, 1.165) is 0 Å². The van der Waals surface area contributed by atoms with Crippen molar-refractivity contribution in [2.45, 2.75) is 5.92 Å². The zero-order valence-electron chi connectivity index (χ0n) is 13.3. The lowest BCUT2D eigenvalue weighted by Gasteiger charge is -2.05. The van der Waals surface area contributed by atoms with Gasteiger partial charge in [-0.1, -0.05) is 23.2 Å². The molecule has 3 aromatic heterocycles. The van der Waals surface area contributed by atoms with Gasteiger partial charge in [0.2, 0.25) is 5.65 Å². The second kappa shape index (κ2) is 7.04. The maximum atomic E-state index is 12.8. The standard InChI is InChI=1S/C17H8Cl2N6OS/c18-9-1-2-10(12(19)4-9)14-7-27-17(22-14)11(5-20)15(26)8-3-13-16(21-6-8)24-25-23-13/h1-4,6-7,11H,(H,21,23,24,25). The van der Waals surface area contributed by atoms with Crippen molar-refractivity contribution in [3.63, 3.8) is 0 Å². The topological polar surface area (TPSA) is 108 Å².